The maximum Gasteiger partial charge on any atom is 0.356 e. The van der Waals surface area contributed by atoms with Crippen LogP contribution in [0, 0.1) is 0 Å². The van der Waals surface area contributed by atoms with Crippen molar-refractivity contribution in [2.45, 2.75) is 10.9 Å². The largest absolute Gasteiger partial charge is 0.477 e. The van der Waals surface area contributed by atoms with Gasteiger partial charge in [-0.25, -0.2) is 4.79 Å². The maximum atomic E-state index is 12.7. The van der Waals surface area contributed by atoms with Crippen LogP contribution < -0.4 is 10.3 Å². The van der Waals surface area contributed by atoms with Crippen LogP contribution in [0.4, 0.5) is 11.4 Å². The first kappa shape index (κ1) is 22.4. The first-order valence-corrected chi connectivity index (χ1v) is 11.2. The van der Waals surface area contributed by atoms with Crippen molar-refractivity contribution >= 4 is 52.0 Å². The molecule has 31 heavy (non-hydrogen) atoms. The minimum atomic E-state index is -4.56. The number of hydrogen-bond acceptors (Lipinski definition) is 8. The van der Waals surface area contributed by atoms with Gasteiger partial charge in [-0.2, -0.15) is 28.8 Å². The van der Waals surface area contributed by atoms with Crippen molar-refractivity contribution < 1.29 is 42.0 Å². The summed E-state index contributed by atoms with van der Waals surface area (Å²) in [6.45, 7) is 0. The molecular formula is C16H13N4O9PS. The summed E-state index contributed by atoms with van der Waals surface area (Å²) in [5, 5.41) is 20.7. The van der Waals surface area contributed by atoms with E-state index >= 15 is 0 Å². The van der Waals surface area contributed by atoms with Gasteiger partial charge in [-0.05, 0) is 42.5 Å². The summed E-state index contributed by atoms with van der Waals surface area (Å²) >= 11 is 0. The fourth-order valence-electron chi connectivity index (χ4n) is 2.51. The first-order chi connectivity index (χ1) is 14.4. The SMILES string of the molecule is O=C(O)C1=NN(c2ccc(S(=O)(=O)O)cc2)C(=O)C1N=Nc1cccc(P(=O)(O)O)c1. The molecule has 3 rings (SSSR count). The maximum absolute atomic E-state index is 12.7. The van der Waals surface area contributed by atoms with E-state index in [0.717, 1.165) is 30.3 Å². The van der Waals surface area contributed by atoms with Crippen LogP contribution in [-0.4, -0.2) is 51.5 Å². The molecule has 1 unspecified atom stereocenters. The van der Waals surface area contributed by atoms with Gasteiger partial charge in [0.05, 0.1) is 21.6 Å². The average molecular weight is 468 g/mol. The number of carboxylic acids is 1. The number of carboxylic acid groups (broad SMARTS) is 1. The lowest BCUT2D eigenvalue weighted by Gasteiger charge is -2.12. The highest BCUT2D eigenvalue weighted by atomic mass is 32.2. The third kappa shape index (κ3) is 4.90. The second kappa shape index (κ2) is 8.09. The number of hydrogen-bond donors (Lipinski definition) is 4. The first-order valence-electron chi connectivity index (χ1n) is 8.18. The number of azo groups is 1. The highest BCUT2D eigenvalue weighted by molar-refractivity contribution is 7.85. The molecule has 13 nitrogen and oxygen atoms in total. The number of aliphatic carboxylic acids is 1. The van der Waals surface area contributed by atoms with E-state index in [1.54, 1.807) is 0 Å². The topological polar surface area (TPSA) is 207 Å². The van der Waals surface area contributed by atoms with Gasteiger partial charge in [-0.3, -0.25) is 13.9 Å². The molecule has 162 valence electrons. The zero-order chi connectivity index (χ0) is 23.0. The molecule has 2 aromatic carbocycles. The Kier molecular flexibility index (Phi) is 5.85. The molecule has 0 radical (unpaired) electrons. The molecule has 1 aliphatic rings. The molecule has 1 aliphatic heterocycles. The van der Waals surface area contributed by atoms with E-state index in [2.05, 4.69) is 15.3 Å². The smallest absolute Gasteiger partial charge is 0.356 e. The van der Waals surface area contributed by atoms with E-state index in [0.29, 0.717) is 5.01 Å². The van der Waals surface area contributed by atoms with Gasteiger partial charge in [0.2, 0.25) is 6.04 Å². The summed E-state index contributed by atoms with van der Waals surface area (Å²) in [5.41, 5.74) is -0.689. The highest BCUT2D eigenvalue weighted by Gasteiger charge is 2.41. The van der Waals surface area contributed by atoms with E-state index in [4.69, 9.17) is 4.55 Å². The second-order valence-corrected chi connectivity index (χ2v) is 9.12. The highest BCUT2D eigenvalue weighted by Crippen LogP contribution is 2.34. The summed E-state index contributed by atoms with van der Waals surface area (Å²) < 4.78 is 42.6. The van der Waals surface area contributed by atoms with Crippen molar-refractivity contribution in [2.75, 3.05) is 5.01 Å². The monoisotopic (exact) mass is 468 g/mol. The molecule has 4 N–H and O–H groups in total. The minimum Gasteiger partial charge on any atom is -0.477 e. The summed E-state index contributed by atoms with van der Waals surface area (Å²) in [7, 11) is -9.02. The Morgan fingerprint density at radius 1 is 1.13 bits per heavy atom. The molecule has 2 aromatic rings. The third-order valence-corrected chi connectivity index (χ3v) is 5.78. The van der Waals surface area contributed by atoms with Crippen LogP contribution in [0.5, 0.6) is 0 Å². The number of nitrogens with zero attached hydrogens (tertiary/aromatic N) is 4. The fraction of sp³-hybridized carbons (Fsp3) is 0.0625. The van der Waals surface area contributed by atoms with E-state index < -0.39 is 46.2 Å². The molecule has 1 amide bonds. The van der Waals surface area contributed by atoms with Crippen LogP contribution in [0.2, 0.25) is 0 Å². The van der Waals surface area contributed by atoms with E-state index in [9.17, 15) is 37.5 Å². The van der Waals surface area contributed by atoms with Gasteiger partial charge in [-0.1, -0.05) is 6.07 Å². The van der Waals surface area contributed by atoms with Crippen molar-refractivity contribution in [2.24, 2.45) is 15.3 Å². The number of carbonyl (C=O) groups is 2. The normalized spacial score (nSPS) is 17.3. The van der Waals surface area contributed by atoms with Gasteiger partial charge in [0, 0.05) is 0 Å². The van der Waals surface area contributed by atoms with Gasteiger partial charge >= 0.3 is 13.6 Å². The molecule has 0 spiro atoms. The number of hydrazone groups is 1. The van der Waals surface area contributed by atoms with Crippen LogP contribution in [0.3, 0.4) is 0 Å². The predicted octanol–water partition coefficient (Wildman–Crippen LogP) is 0.676. The summed E-state index contributed by atoms with van der Waals surface area (Å²) in [4.78, 5) is 42.1. The molecule has 0 aromatic heterocycles. The molecule has 1 heterocycles. The molecule has 0 saturated carbocycles. The standard InChI is InChI=1S/C16H13N4O9PS/c21-15-13(18-17-9-2-1-3-11(8-9)30(24,25)26)14(16(22)23)19-20(15)10-4-6-12(7-5-10)31(27,28)29/h1-8,13H,(H,22,23)(H2,24,25,26)(H,27,28,29). The number of anilines is 1. The third-order valence-electron chi connectivity index (χ3n) is 3.96. The van der Waals surface area contributed by atoms with Crippen molar-refractivity contribution in [3.63, 3.8) is 0 Å². The molecule has 0 saturated heterocycles. The Balaban J connectivity index is 1.91. The van der Waals surface area contributed by atoms with Crippen LogP contribution >= 0.6 is 7.60 Å². The number of amides is 1. The zero-order valence-corrected chi connectivity index (χ0v) is 16.9. The molecule has 0 bridgehead atoms. The lowest BCUT2D eigenvalue weighted by molar-refractivity contribution is -0.130. The molecule has 0 aliphatic carbocycles. The molecular weight excluding hydrogens is 455 g/mol. The van der Waals surface area contributed by atoms with Crippen LogP contribution in [0.1, 0.15) is 0 Å². The Morgan fingerprint density at radius 2 is 1.77 bits per heavy atom. The quantitative estimate of drug-likeness (QED) is 0.267. The molecule has 1 atom stereocenters. The van der Waals surface area contributed by atoms with Crippen molar-refractivity contribution in [3.05, 3.63) is 48.5 Å². The Labute approximate surface area is 174 Å². The average Bonchev–Trinajstić information content (AvgIpc) is 3.02. The predicted molar refractivity (Wildman–Crippen MR) is 105 cm³/mol. The van der Waals surface area contributed by atoms with Crippen LogP contribution in [0.25, 0.3) is 0 Å². The number of rotatable bonds is 6. The van der Waals surface area contributed by atoms with E-state index in [-0.39, 0.29) is 16.7 Å². The minimum absolute atomic E-state index is 0.0114. The Hall–Kier alpha value is -3.29. The van der Waals surface area contributed by atoms with Gasteiger partial charge in [0.1, 0.15) is 0 Å². The molecule has 0 fully saturated rings. The summed E-state index contributed by atoms with van der Waals surface area (Å²) in [5.74, 6) is -2.47. The second-order valence-electron chi connectivity index (χ2n) is 6.09. The lowest BCUT2D eigenvalue weighted by Crippen LogP contribution is -2.33. The van der Waals surface area contributed by atoms with Gasteiger partial charge < -0.3 is 14.9 Å². The zero-order valence-electron chi connectivity index (χ0n) is 15.2. The Morgan fingerprint density at radius 3 is 2.32 bits per heavy atom. The van der Waals surface area contributed by atoms with Crippen molar-refractivity contribution in [1.82, 2.24) is 0 Å². The Bertz CT molecular complexity index is 1270. The van der Waals surface area contributed by atoms with Crippen molar-refractivity contribution in [1.29, 1.82) is 0 Å². The number of carbonyl (C=O) groups excluding carboxylic acids is 1. The van der Waals surface area contributed by atoms with E-state index in [1.165, 1.54) is 18.2 Å². The van der Waals surface area contributed by atoms with Gasteiger partial charge in [0.25, 0.3) is 16.0 Å². The van der Waals surface area contributed by atoms with E-state index in [1.807, 2.05) is 0 Å². The fourth-order valence-corrected chi connectivity index (χ4v) is 3.57. The van der Waals surface area contributed by atoms with Crippen LogP contribution in [0.15, 0.2) is 68.8 Å². The van der Waals surface area contributed by atoms with Gasteiger partial charge in [0.15, 0.2) is 5.71 Å². The van der Waals surface area contributed by atoms with Crippen molar-refractivity contribution in [3.8, 4) is 0 Å². The summed E-state index contributed by atoms with van der Waals surface area (Å²) in [6.07, 6.45) is 0. The van der Waals surface area contributed by atoms with Crippen LogP contribution in [-0.2, 0) is 24.3 Å². The summed E-state index contributed by atoms with van der Waals surface area (Å²) in [6, 6.07) is 7.44. The molecule has 15 heteroatoms. The number of benzene rings is 2. The van der Waals surface area contributed by atoms with Gasteiger partial charge in [-0.15, -0.1) is 0 Å². The lowest BCUT2D eigenvalue weighted by atomic mass is 10.2.